The van der Waals surface area contributed by atoms with E-state index in [1.54, 1.807) is 6.26 Å². The molecule has 1 heterocycles. The number of hydrogen-bond acceptors (Lipinski definition) is 1. The minimum absolute atomic E-state index is 0.802. The van der Waals surface area contributed by atoms with Crippen LogP contribution in [0.25, 0.3) is 11.1 Å². The number of allylic oxidation sites excluding steroid dienone is 2. The third-order valence-corrected chi connectivity index (χ3v) is 1.97. The summed E-state index contributed by atoms with van der Waals surface area (Å²) in [6, 6.07) is 1.84. The van der Waals surface area contributed by atoms with E-state index in [1.165, 1.54) is 5.57 Å². The summed E-state index contributed by atoms with van der Waals surface area (Å²) in [7, 11) is 0. The van der Waals surface area contributed by atoms with Gasteiger partial charge < -0.3 is 4.42 Å². The van der Waals surface area contributed by atoms with Gasteiger partial charge in [0.1, 0.15) is 5.42 Å². The van der Waals surface area contributed by atoms with Crippen molar-refractivity contribution < 1.29 is 4.42 Å². The zero-order chi connectivity index (χ0) is 9.14. The van der Waals surface area contributed by atoms with Crippen molar-refractivity contribution in [3.8, 4) is 0 Å². The maximum Gasteiger partial charge on any atom is 0.147 e. The molecule has 0 saturated carbocycles. The van der Waals surface area contributed by atoms with Crippen molar-refractivity contribution in [3.05, 3.63) is 34.6 Å². The van der Waals surface area contributed by atoms with E-state index in [9.17, 15) is 0 Å². The Morgan fingerprint density at radius 1 is 1.58 bits per heavy atom. The normalized spacial score (nSPS) is 12.6. The second kappa shape index (κ2) is 3.76. The van der Waals surface area contributed by atoms with Gasteiger partial charge in [-0.15, -0.1) is 0 Å². The van der Waals surface area contributed by atoms with Crippen LogP contribution in [0.5, 0.6) is 0 Å². The Balaban J connectivity index is 3.35. The highest BCUT2D eigenvalue weighted by Gasteiger charge is 1.92. The minimum atomic E-state index is 0.802. The molecule has 1 rings (SSSR count). The van der Waals surface area contributed by atoms with E-state index in [-0.39, 0.29) is 0 Å². The molecule has 0 aliphatic carbocycles. The van der Waals surface area contributed by atoms with Crippen molar-refractivity contribution in [1.29, 1.82) is 0 Å². The molecule has 0 spiro atoms. The fraction of sp³-hybridized carbons (Fsp3) is 0.200. The summed E-state index contributed by atoms with van der Waals surface area (Å²) in [6.45, 7) is 7.90. The van der Waals surface area contributed by atoms with Crippen LogP contribution in [0.1, 0.15) is 13.8 Å². The van der Waals surface area contributed by atoms with E-state index in [1.807, 2.05) is 26.0 Å². The van der Waals surface area contributed by atoms with E-state index in [0.717, 1.165) is 15.1 Å². The zero-order valence-electron chi connectivity index (χ0n) is 7.23. The SMILES string of the molecule is C=c1cco/c1=C(\Br)C=C(C)C. The Morgan fingerprint density at radius 3 is 2.67 bits per heavy atom. The van der Waals surface area contributed by atoms with Crippen LogP contribution in [0.4, 0.5) is 0 Å². The molecule has 0 bridgehead atoms. The average Bonchev–Trinajstić information content (AvgIpc) is 2.33. The van der Waals surface area contributed by atoms with Crippen LogP contribution >= 0.6 is 15.9 Å². The molecule has 64 valence electrons. The van der Waals surface area contributed by atoms with Crippen LogP contribution < -0.4 is 10.6 Å². The Kier molecular flexibility index (Phi) is 2.93. The predicted molar refractivity (Wildman–Crippen MR) is 55.2 cm³/mol. The molecule has 0 N–H and O–H groups in total. The first-order valence-corrected chi connectivity index (χ1v) is 4.47. The molecule has 1 aromatic heterocycles. The molecule has 0 amide bonds. The maximum absolute atomic E-state index is 5.24. The lowest BCUT2D eigenvalue weighted by Crippen LogP contribution is -2.18. The van der Waals surface area contributed by atoms with Crippen molar-refractivity contribution >= 4 is 27.0 Å². The van der Waals surface area contributed by atoms with E-state index in [4.69, 9.17) is 4.42 Å². The van der Waals surface area contributed by atoms with Crippen molar-refractivity contribution in [2.75, 3.05) is 0 Å². The lowest BCUT2D eigenvalue weighted by Gasteiger charge is -1.88. The van der Waals surface area contributed by atoms with Gasteiger partial charge in [0.2, 0.25) is 0 Å². The fourth-order valence-corrected chi connectivity index (χ4v) is 1.67. The van der Waals surface area contributed by atoms with E-state index < -0.39 is 0 Å². The van der Waals surface area contributed by atoms with Crippen molar-refractivity contribution in [2.45, 2.75) is 13.8 Å². The Hall–Kier alpha value is -0.760. The molecule has 0 aliphatic heterocycles. The van der Waals surface area contributed by atoms with Gasteiger partial charge in [0.25, 0.3) is 0 Å². The molecule has 2 heteroatoms. The van der Waals surface area contributed by atoms with Gasteiger partial charge in [-0.2, -0.15) is 0 Å². The molecule has 1 nitrogen and oxygen atoms in total. The van der Waals surface area contributed by atoms with E-state index in [0.29, 0.717) is 0 Å². The highest BCUT2D eigenvalue weighted by Crippen LogP contribution is 2.07. The molecule has 0 aliphatic rings. The predicted octanol–water partition coefficient (Wildman–Crippen LogP) is 2.16. The third-order valence-electron chi connectivity index (χ3n) is 1.38. The Bertz CT molecular complexity index is 394. The van der Waals surface area contributed by atoms with Gasteiger partial charge in [-0.05, 0) is 41.9 Å². The first kappa shape index (κ1) is 9.33. The van der Waals surface area contributed by atoms with Gasteiger partial charge in [0, 0.05) is 5.22 Å². The lowest BCUT2D eigenvalue weighted by molar-refractivity contribution is 0.531. The summed E-state index contributed by atoms with van der Waals surface area (Å²) < 4.78 is 6.18. The minimum Gasteiger partial charge on any atom is -0.463 e. The molecule has 1 aromatic rings. The topological polar surface area (TPSA) is 13.1 Å². The Labute approximate surface area is 80.2 Å². The third kappa shape index (κ3) is 2.11. The van der Waals surface area contributed by atoms with Gasteiger partial charge in [0.05, 0.1) is 10.7 Å². The van der Waals surface area contributed by atoms with Crippen LogP contribution in [-0.4, -0.2) is 0 Å². The summed E-state index contributed by atoms with van der Waals surface area (Å²) in [5.41, 5.74) is 2.02. The first-order chi connectivity index (χ1) is 5.61. The van der Waals surface area contributed by atoms with Crippen molar-refractivity contribution in [3.63, 3.8) is 0 Å². The summed E-state index contributed by atoms with van der Waals surface area (Å²) >= 11 is 3.42. The summed E-state index contributed by atoms with van der Waals surface area (Å²) in [5, 5.41) is 0.902. The average molecular weight is 227 g/mol. The van der Waals surface area contributed by atoms with E-state index in [2.05, 4.69) is 22.5 Å². The summed E-state index contributed by atoms with van der Waals surface area (Å²) in [6.07, 6.45) is 3.64. The van der Waals surface area contributed by atoms with Crippen LogP contribution in [0.3, 0.4) is 0 Å². The molecule has 0 fully saturated rings. The van der Waals surface area contributed by atoms with Gasteiger partial charge in [-0.25, -0.2) is 0 Å². The highest BCUT2D eigenvalue weighted by molar-refractivity contribution is 9.15. The second-order valence-corrected chi connectivity index (χ2v) is 3.70. The molecule has 12 heavy (non-hydrogen) atoms. The van der Waals surface area contributed by atoms with Crippen molar-refractivity contribution in [1.82, 2.24) is 0 Å². The molecule has 0 aromatic carbocycles. The molecule has 0 saturated heterocycles. The molecular weight excluding hydrogens is 216 g/mol. The largest absolute Gasteiger partial charge is 0.463 e. The van der Waals surface area contributed by atoms with Crippen LogP contribution in [-0.2, 0) is 0 Å². The molecule has 0 unspecified atom stereocenters. The molecule has 0 atom stereocenters. The number of halogens is 1. The zero-order valence-corrected chi connectivity index (χ0v) is 8.81. The van der Waals surface area contributed by atoms with Gasteiger partial charge in [-0.1, -0.05) is 12.2 Å². The van der Waals surface area contributed by atoms with Crippen LogP contribution in [0.15, 0.2) is 28.4 Å². The molecule has 0 radical (unpaired) electrons. The Morgan fingerprint density at radius 2 is 2.25 bits per heavy atom. The fourth-order valence-electron chi connectivity index (χ4n) is 0.864. The van der Waals surface area contributed by atoms with Crippen LogP contribution in [0, 0.1) is 0 Å². The highest BCUT2D eigenvalue weighted by atomic mass is 79.9. The number of hydrogen-bond donors (Lipinski definition) is 0. The quantitative estimate of drug-likeness (QED) is 0.716. The standard InChI is InChI=1S/C10H11BrO/c1-7(2)6-9(11)10-8(3)4-5-12-10/h4-6H,3H2,1-2H3/b10-9-. The first-order valence-electron chi connectivity index (χ1n) is 3.68. The second-order valence-electron chi connectivity index (χ2n) is 2.84. The van der Waals surface area contributed by atoms with Crippen LogP contribution in [0.2, 0.25) is 0 Å². The van der Waals surface area contributed by atoms with Gasteiger partial charge >= 0.3 is 0 Å². The van der Waals surface area contributed by atoms with Gasteiger partial charge in [-0.3, -0.25) is 0 Å². The van der Waals surface area contributed by atoms with Crippen molar-refractivity contribution in [2.24, 2.45) is 0 Å². The number of rotatable bonds is 1. The monoisotopic (exact) mass is 226 g/mol. The lowest BCUT2D eigenvalue weighted by atomic mass is 10.3. The summed E-state index contributed by atoms with van der Waals surface area (Å²) in [4.78, 5) is 0. The smallest absolute Gasteiger partial charge is 0.147 e. The summed E-state index contributed by atoms with van der Waals surface area (Å²) in [5.74, 6) is 0. The molecular formula is C10H11BrO. The van der Waals surface area contributed by atoms with E-state index >= 15 is 0 Å². The maximum atomic E-state index is 5.24. The van der Waals surface area contributed by atoms with Gasteiger partial charge in [0.15, 0.2) is 0 Å². The number of furan rings is 1.